The molecular weight excluding hydrogens is 294 g/mol. The van der Waals surface area contributed by atoms with Gasteiger partial charge in [-0.2, -0.15) is 0 Å². The van der Waals surface area contributed by atoms with Crippen molar-refractivity contribution in [3.05, 3.63) is 52.4 Å². The van der Waals surface area contributed by atoms with Crippen LogP contribution in [0.15, 0.2) is 41.8 Å². The number of hydrogen-bond acceptors (Lipinski definition) is 4. The summed E-state index contributed by atoms with van der Waals surface area (Å²) in [6.45, 7) is 2.69. The monoisotopic (exact) mass is 309 g/mol. The van der Waals surface area contributed by atoms with Gasteiger partial charge in [0.15, 0.2) is 6.04 Å². The lowest BCUT2D eigenvalue weighted by atomic mass is 10.1. The molecular formula is C15H16ClNO2S. The van der Waals surface area contributed by atoms with Gasteiger partial charge in [0.25, 0.3) is 0 Å². The first kappa shape index (κ1) is 14.9. The summed E-state index contributed by atoms with van der Waals surface area (Å²) in [5.74, 6) is -0.312. The van der Waals surface area contributed by atoms with Gasteiger partial charge in [0.1, 0.15) is 0 Å². The third-order valence-corrected chi connectivity index (χ3v) is 4.32. The third-order valence-electron chi connectivity index (χ3n) is 3.07. The predicted molar refractivity (Wildman–Crippen MR) is 83.5 cm³/mol. The molecule has 0 aliphatic carbocycles. The van der Waals surface area contributed by atoms with Crippen LogP contribution in [0.1, 0.15) is 18.5 Å². The predicted octanol–water partition coefficient (Wildman–Crippen LogP) is 4.14. The van der Waals surface area contributed by atoms with Crippen LogP contribution in [0.25, 0.3) is 0 Å². The molecule has 0 bridgehead atoms. The number of hydrogen-bond donors (Lipinski definition) is 0. The number of anilines is 1. The number of methoxy groups -OCH3 is 1. The maximum Gasteiger partial charge on any atom is 0.333 e. The highest BCUT2D eigenvalue weighted by Crippen LogP contribution is 2.34. The summed E-state index contributed by atoms with van der Waals surface area (Å²) in [5.41, 5.74) is 0.760. The Balaban J connectivity index is 2.47. The molecule has 0 spiro atoms. The van der Waals surface area contributed by atoms with E-state index in [1.165, 1.54) is 7.11 Å². The van der Waals surface area contributed by atoms with Gasteiger partial charge in [-0.25, -0.2) is 4.79 Å². The lowest BCUT2D eigenvalue weighted by Crippen LogP contribution is -2.34. The van der Waals surface area contributed by atoms with Crippen LogP contribution < -0.4 is 4.90 Å². The van der Waals surface area contributed by atoms with E-state index in [1.54, 1.807) is 17.4 Å². The minimum Gasteiger partial charge on any atom is -0.467 e. The topological polar surface area (TPSA) is 29.5 Å². The van der Waals surface area contributed by atoms with E-state index in [-0.39, 0.29) is 5.97 Å². The van der Waals surface area contributed by atoms with E-state index in [0.717, 1.165) is 10.6 Å². The van der Waals surface area contributed by atoms with Gasteiger partial charge in [-0.3, -0.25) is 0 Å². The molecule has 1 aromatic carbocycles. The Morgan fingerprint density at radius 1 is 1.35 bits per heavy atom. The van der Waals surface area contributed by atoms with Crippen LogP contribution in [0, 0.1) is 0 Å². The van der Waals surface area contributed by atoms with Gasteiger partial charge in [-0.1, -0.05) is 29.8 Å². The molecule has 0 fully saturated rings. The Morgan fingerprint density at radius 2 is 2.10 bits per heavy atom. The number of rotatable bonds is 5. The normalized spacial score (nSPS) is 11.9. The molecule has 0 radical (unpaired) electrons. The standard InChI is InChI=1S/C15H16ClNO2S/c1-3-17(13-9-6-10-20-13)14(15(18)19-2)11-7-4-5-8-12(11)16/h4-10,14H,3H2,1-2H3. The molecule has 0 saturated carbocycles. The number of ether oxygens (including phenoxy) is 1. The Hall–Kier alpha value is -1.52. The van der Waals surface area contributed by atoms with Crippen molar-refractivity contribution in [1.82, 2.24) is 0 Å². The largest absolute Gasteiger partial charge is 0.467 e. The van der Waals surface area contributed by atoms with E-state index in [2.05, 4.69) is 0 Å². The van der Waals surface area contributed by atoms with Gasteiger partial charge >= 0.3 is 5.97 Å². The maximum absolute atomic E-state index is 12.2. The van der Waals surface area contributed by atoms with Crippen LogP contribution >= 0.6 is 22.9 Å². The summed E-state index contributed by atoms with van der Waals surface area (Å²) >= 11 is 7.84. The average Bonchev–Trinajstić information content (AvgIpc) is 2.99. The first-order valence-corrected chi connectivity index (χ1v) is 7.57. The van der Waals surface area contributed by atoms with Crippen molar-refractivity contribution in [2.24, 2.45) is 0 Å². The fraction of sp³-hybridized carbons (Fsp3) is 0.267. The molecule has 1 aromatic heterocycles. The molecule has 5 heteroatoms. The van der Waals surface area contributed by atoms with Crippen LogP contribution in [0.2, 0.25) is 5.02 Å². The molecule has 2 rings (SSSR count). The van der Waals surface area contributed by atoms with E-state index >= 15 is 0 Å². The van der Waals surface area contributed by atoms with Crippen LogP contribution in [0.5, 0.6) is 0 Å². The van der Waals surface area contributed by atoms with Crippen LogP contribution in [-0.4, -0.2) is 19.6 Å². The average molecular weight is 310 g/mol. The lowest BCUT2D eigenvalue weighted by Gasteiger charge is -2.30. The molecule has 0 aliphatic rings. The van der Waals surface area contributed by atoms with Crippen molar-refractivity contribution in [2.75, 3.05) is 18.6 Å². The quantitative estimate of drug-likeness (QED) is 0.777. The van der Waals surface area contributed by atoms with E-state index in [0.29, 0.717) is 11.6 Å². The molecule has 1 heterocycles. The highest BCUT2D eigenvalue weighted by Gasteiger charge is 2.30. The highest BCUT2D eigenvalue weighted by atomic mass is 35.5. The first-order valence-electron chi connectivity index (χ1n) is 6.31. The fourth-order valence-electron chi connectivity index (χ4n) is 2.13. The number of nitrogens with zero attached hydrogens (tertiary/aromatic N) is 1. The number of likely N-dealkylation sites (N-methyl/N-ethyl adjacent to an activating group) is 1. The first-order chi connectivity index (χ1) is 9.69. The molecule has 1 unspecified atom stereocenters. The molecule has 0 saturated heterocycles. The number of benzene rings is 1. The van der Waals surface area contributed by atoms with Gasteiger partial charge in [0, 0.05) is 17.1 Å². The van der Waals surface area contributed by atoms with Gasteiger partial charge in [-0.15, -0.1) is 11.3 Å². The lowest BCUT2D eigenvalue weighted by molar-refractivity contribution is -0.142. The summed E-state index contributed by atoms with van der Waals surface area (Å²) in [7, 11) is 1.40. The van der Waals surface area contributed by atoms with E-state index in [1.807, 2.05) is 47.5 Å². The molecule has 20 heavy (non-hydrogen) atoms. The Labute approximate surface area is 127 Å². The second-order valence-electron chi connectivity index (χ2n) is 4.18. The second-order valence-corrected chi connectivity index (χ2v) is 5.52. The van der Waals surface area contributed by atoms with Crippen molar-refractivity contribution in [3.63, 3.8) is 0 Å². The minimum atomic E-state index is -0.530. The van der Waals surface area contributed by atoms with E-state index < -0.39 is 6.04 Å². The summed E-state index contributed by atoms with van der Waals surface area (Å²) in [6.07, 6.45) is 0. The minimum absolute atomic E-state index is 0.312. The highest BCUT2D eigenvalue weighted by molar-refractivity contribution is 7.14. The number of carbonyl (C=O) groups excluding carboxylic acids is 1. The zero-order valence-electron chi connectivity index (χ0n) is 11.4. The van der Waals surface area contributed by atoms with Gasteiger partial charge in [0.05, 0.1) is 12.1 Å². The molecule has 0 N–H and O–H groups in total. The number of esters is 1. The zero-order chi connectivity index (χ0) is 14.5. The van der Waals surface area contributed by atoms with Crippen molar-refractivity contribution in [1.29, 1.82) is 0 Å². The third kappa shape index (κ3) is 2.97. The molecule has 3 nitrogen and oxygen atoms in total. The Morgan fingerprint density at radius 3 is 2.65 bits per heavy atom. The summed E-state index contributed by atoms with van der Waals surface area (Å²) < 4.78 is 4.97. The molecule has 0 aliphatic heterocycles. The van der Waals surface area contributed by atoms with Gasteiger partial charge in [0.2, 0.25) is 0 Å². The number of thiophene rings is 1. The SMILES string of the molecule is CCN(c1cccs1)C(C(=O)OC)c1ccccc1Cl. The van der Waals surface area contributed by atoms with Crippen molar-refractivity contribution in [2.45, 2.75) is 13.0 Å². The maximum atomic E-state index is 12.2. The molecule has 0 amide bonds. The molecule has 2 aromatic rings. The number of halogens is 1. The summed E-state index contributed by atoms with van der Waals surface area (Å²) in [5, 5.41) is 3.57. The van der Waals surface area contributed by atoms with Crippen LogP contribution in [0.3, 0.4) is 0 Å². The molecule has 106 valence electrons. The summed E-state index contributed by atoms with van der Waals surface area (Å²) in [6, 6.07) is 10.8. The van der Waals surface area contributed by atoms with Crippen LogP contribution in [-0.2, 0) is 9.53 Å². The van der Waals surface area contributed by atoms with E-state index in [4.69, 9.17) is 16.3 Å². The fourth-order valence-corrected chi connectivity index (χ4v) is 3.19. The van der Waals surface area contributed by atoms with Crippen LogP contribution in [0.4, 0.5) is 5.00 Å². The Bertz CT molecular complexity index is 571. The van der Waals surface area contributed by atoms with Gasteiger partial charge in [-0.05, 0) is 30.5 Å². The number of carbonyl (C=O) groups is 1. The van der Waals surface area contributed by atoms with Crippen molar-refractivity contribution < 1.29 is 9.53 Å². The van der Waals surface area contributed by atoms with Gasteiger partial charge < -0.3 is 9.64 Å². The zero-order valence-corrected chi connectivity index (χ0v) is 12.9. The smallest absolute Gasteiger partial charge is 0.333 e. The van der Waals surface area contributed by atoms with Crippen molar-refractivity contribution in [3.8, 4) is 0 Å². The summed E-state index contributed by atoms with van der Waals surface area (Å²) in [4.78, 5) is 14.2. The van der Waals surface area contributed by atoms with E-state index in [9.17, 15) is 4.79 Å². The van der Waals surface area contributed by atoms with Crippen molar-refractivity contribution >= 4 is 33.9 Å². The molecule has 1 atom stereocenters. The second kappa shape index (κ2) is 6.77. The Kier molecular flexibility index (Phi) is 5.04.